The van der Waals surface area contributed by atoms with Gasteiger partial charge < -0.3 is 5.11 Å². The third kappa shape index (κ3) is 3.45. The van der Waals surface area contributed by atoms with Crippen molar-refractivity contribution in [3.05, 3.63) is 69.3 Å². The molecule has 1 heterocycles. The van der Waals surface area contributed by atoms with Crippen LogP contribution in [0.2, 0.25) is 10.0 Å². The minimum atomic E-state index is -1.01. The molecule has 1 aromatic heterocycles. The number of hydrogen-bond donors (Lipinski definition) is 1. The first-order valence-corrected chi connectivity index (χ1v) is 8.02. The van der Waals surface area contributed by atoms with Crippen LogP contribution < -0.4 is 0 Å². The van der Waals surface area contributed by atoms with E-state index in [1.54, 1.807) is 12.1 Å². The number of halogens is 2. The third-order valence-corrected chi connectivity index (χ3v) is 4.24. The molecule has 0 fully saturated rings. The van der Waals surface area contributed by atoms with Gasteiger partial charge in [-0.3, -0.25) is 4.68 Å². The summed E-state index contributed by atoms with van der Waals surface area (Å²) in [6.45, 7) is 2.47. The first-order valence-electron chi connectivity index (χ1n) is 7.26. The van der Waals surface area contributed by atoms with Crippen LogP contribution in [0.3, 0.4) is 0 Å². The lowest BCUT2D eigenvalue weighted by Gasteiger charge is -2.07. The first-order chi connectivity index (χ1) is 11.4. The zero-order valence-corrected chi connectivity index (χ0v) is 14.3. The summed E-state index contributed by atoms with van der Waals surface area (Å²) in [4.78, 5) is 10.8. The Balaban J connectivity index is 2.09. The highest BCUT2D eigenvalue weighted by Crippen LogP contribution is 2.25. The van der Waals surface area contributed by atoms with Crippen LogP contribution in [0.5, 0.6) is 0 Å². The molecular weight excluding hydrogens is 347 g/mol. The van der Waals surface area contributed by atoms with E-state index < -0.39 is 5.97 Å². The van der Waals surface area contributed by atoms with Gasteiger partial charge >= 0.3 is 5.97 Å². The van der Waals surface area contributed by atoms with Crippen LogP contribution in [0.25, 0.3) is 17.0 Å². The fourth-order valence-corrected chi connectivity index (χ4v) is 2.98. The summed E-state index contributed by atoms with van der Waals surface area (Å²) >= 11 is 12.2. The Hall–Kier alpha value is -2.30. The maximum Gasteiger partial charge on any atom is 0.328 e. The lowest BCUT2D eigenvalue weighted by atomic mass is 10.1. The van der Waals surface area contributed by atoms with Gasteiger partial charge in [0.15, 0.2) is 0 Å². The number of carboxylic acids is 1. The number of benzene rings is 2. The SMILES string of the molecule is Cc1ccc2c(C=CC(=O)O)nn(Cc3ccc(Cl)cc3Cl)c2c1. The fraction of sp³-hybridized carbons (Fsp3) is 0.111. The van der Waals surface area contributed by atoms with E-state index in [0.717, 1.165) is 28.1 Å². The van der Waals surface area contributed by atoms with Crippen LogP contribution in [0, 0.1) is 6.92 Å². The van der Waals surface area contributed by atoms with Crippen LogP contribution in [0.4, 0.5) is 0 Å². The van der Waals surface area contributed by atoms with Gasteiger partial charge in [-0.15, -0.1) is 0 Å². The third-order valence-electron chi connectivity index (χ3n) is 3.65. The summed E-state index contributed by atoms with van der Waals surface area (Å²) in [6.07, 6.45) is 2.58. The molecule has 3 aromatic rings. The number of rotatable bonds is 4. The van der Waals surface area contributed by atoms with Gasteiger partial charge in [-0.25, -0.2) is 4.79 Å². The molecule has 24 heavy (non-hydrogen) atoms. The zero-order chi connectivity index (χ0) is 17.3. The fourth-order valence-electron chi connectivity index (χ4n) is 2.51. The maximum atomic E-state index is 10.8. The van der Waals surface area contributed by atoms with E-state index in [4.69, 9.17) is 28.3 Å². The van der Waals surface area contributed by atoms with Gasteiger partial charge in [0.25, 0.3) is 0 Å². The predicted molar refractivity (Wildman–Crippen MR) is 96.7 cm³/mol. The second-order valence-corrected chi connectivity index (χ2v) is 6.31. The van der Waals surface area contributed by atoms with E-state index in [0.29, 0.717) is 22.3 Å². The molecule has 6 heteroatoms. The number of aliphatic carboxylic acids is 1. The van der Waals surface area contributed by atoms with Gasteiger partial charge in [0.2, 0.25) is 0 Å². The van der Waals surface area contributed by atoms with E-state index in [2.05, 4.69) is 5.10 Å². The Labute approximate surface area is 148 Å². The topological polar surface area (TPSA) is 55.1 Å². The Morgan fingerprint density at radius 1 is 1.25 bits per heavy atom. The minimum absolute atomic E-state index is 0.469. The van der Waals surface area contributed by atoms with E-state index in [1.807, 2.05) is 35.9 Å². The minimum Gasteiger partial charge on any atom is -0.478 e. The summed E-state index contributed by atoms with van der Waals surface area (Å²) in [7, 11) is 0. The number of aromatic nitrogens is 2. The second kappa shape index (κ2) is 6.67. The normalized spacial score (nSPS) is 11.5. The van der Waals surface area contributed by atoms with Crippen molar-refractivity contribution < 1.29 is 9.90 Å². The molecule has 122 valence electrons. The molecule has 0 bridgehead atoms. The number of hydrogen-bond acceptors (Lipinski definition) is 2. The largest absolute Gasteiger partial charge is 0.478 e. The van der Waals surface area contributed by atoms with Crippen LogP contribution in [-0.4, -0.2) is 20.9 Å². The lowest BCUT2D eigenvalue weighted by Crippen LogP contribution is -2.02. The van der Waals surface area contributed by atoms with Crippen molar-refractivity contribution in [2.24, 2.45) is 0 Å². The standard InChI is InChI=1S/C18H14Cl2N2O2/c1-11-2-5-14-16(6-7-18(23)24)21-22(17(14)8-11)10-12-3-4-13(19)9-15(12)20/h2-9H,10H2,1H3,(H,23,24). The molecule has 2 aromatic carbocycles. The molecule has 0 saturated carbocycles. The molecule has 0 saturated heterocycles. The number of aryl methyl sites for hydroxylation is 1. The molecule has 0 amide bonds. The average molecular weight is 361 g/mol. The van der Waals surface area contributed by atoms with Crippen LogP contribution in [0.1, 0.15) is 16.8 Å². The Bertz CT molecular complexity index is 961. The van der Waals surface area contributed by atoms with Gasteiger partial charge in [-0.2, -0.15) is 5.10 Å². The van der Waals surface area contributed by atoms with Crippen LogP contribution in [-0.2, 0) is 11.3 Å². The molecule has 4 nitrogen and oxygen atoms in total. The molecule has 0 aliphatic carbocycles. The first kappa shape index (κ1) is 16.6. The molecule has 0 aliphatic heterocycles. The summed E-state index contributed by atoms with van der Waals surface area (Å²) in [5.74, 6) is -1.01. The molecule has 0 unspecified atom stereocenters. The number of fused-ring (bicyclic) bond motifs is 1. The van der Waals surface area contributed by atoms with Crippen molar-refractivity contribution in [2.75, 3.05) is 0 Å². The number of carbonyl (C=O) groups is 1. The summed E-state index contributed by atoms with van der Waals surface area (Å²) in [6, 6.07) is 11.3. The van der Waals surface area contributed by atoms with Crippen molar-refractivity contribution in [2.45, 2.75) is 13.5 Å². The van der Waals surface area contributed by atoms with Crippen molar-refractivity contribution >= 4 is 46.2 Å². The molecule has 0 aliphatic rings. The Morgan fingerprint density at radius 3 is 2.75 bits per heavy atom. The molecule has 0 radical (unpaired) electrons. The molecule has 1 N–H and O–H groups in total. The van der Waals surface area contributed by atoms with E-state index in [9.17, 15) is 4.79 Å². The van der Waals surface area contributed by atoms with E-state index in [1.165, 1.54) is 6.08 Å². The number of nitrogens with zero attached hydrogens (tertiary/aromatic N) is 2. The van der Waals surface area contributed by atoms with Crippen molar-refractivity contribution in [1.29, 1.82) is 0 Å². The highest BCUT2D eigenvalue weighted by molar-refractivity contribution is 6.35. The monoisotopic (exact) mass is 360 g/mol. The van der Waals surface area contributed by atoms with Gasteiger partial charge in [0.1, 0.15) is 0 Å². The summed E-state index contributed by atoms with van der Waals surface area (Å²) in [5.41, 5.74) is 3.52. The second-order valence-electron chi connectivity index (χ2n) is 5.47. The van der Waals surface area contributed by atoms with Gasteiger partial charge in [-0.05, 0) is 42.3 Å². The van der Waals surface area contributed by atoms with Crippen molar-refractivity contribution in [3.8, 4) is 0 Å². The smallest absolute Gasteiger partial charge is 0.328 e. The molecule has 3 rings (SSSR count). The molecular formula is C18H14Cl2N2O2. The highest BCUT2D eigenvalue weighted by Gasteiger charge is 2.11. The van der Waals surface area contributed by atoms with Gasteiger partial charge in [0, 0.05) is 21.5 Å². The van der Waals surface area contributed by atoms with Gasteiger partial charge in [0.05, 0.1) is 17.8 Å². The number of carboxylic acid groups (broad SMARTS) is 1. The molecule has 0 spiro atoms. The zero-order valence-electron chi connectivity index (χ0n) is 12.8. The van der Waals surface area contributed by atoms with Crippen molar-refractivity contribution in [1.82, 2.24) is 9.78 Å². The Kier molecular flexibility index (Phi) is 4.60. The molecule has 0 atom stereocenters. The van der Waals surface area contributed by atoms with Crippen LogP contribution in [0.15, 0.2) is 42.5 Å². The van der Waals surface area contributed by atoms with E-state index in [-0.39, 0.29) is 0 Å². The highest BCUT2D eigenvalue weighted by atomic mass is 35.5. The van der Waals surface area contributed by atoms with Gasteiger partial charge in [-0.1, -0.05) is 41.4 Å². The van der Waals surface area contributed by atoms with Crippen molar-refractivity contribution in [3.63, 3.8) is 0 Å². The summed E-state index contributed by atoms with van der Waals surface area (Å²) < 4.78 is 1.82. The van der Waals surface area contributed by atoms with Crippen LogP contribution >= 0.6 is 23.2 Å². The summed E-state index contributed by atoms with van der Waals surface area (Å²) in [5, 5.41) is 15.4. The van der Waals surface area contributed by atoms with E-state index >= 15 is 0 Å². The average Bonchev–Trinajstić information content (AvgIpc) is 2.85. The lowest BCUT2D eigenvalue weighted by molar-refractivity contribution is -0.131. The Morgan fingerprint density at radius 2 is 2.04 bits per heavy atom. The predicted octanol–water partition coefficient (Wildman–Crippen LogP) is 4.80. The quantitative estimate of drug-likeness (QED) is 0.680. The maximum absolute atomic E-state index is 10.8.